The number of esters is 1. The van der Waals surface area contributed by atoms with Gasteiger partial charge in [-0.05, 0) is 6.92 Å². The van der Waals surface area contributed by atoms with Gasteiger partial charge in [0.15, 0.2) is 0 Å². The summed E-state index contributed by atoms with van der Waals surface area (Å²) in [6.45, 7) is 1.99. The molecule has 1 unspecified atom stereocenters. The monoisotopic (exact) mass is 164 g/mol. The Kier molecular flexibility index (Phi) is 2.86. The van der Waals surface area contributed by atoms with Crippen molar-refractivity contribution in [1.82, 2.24) is 0 Å². The highest BCUT2D eigenvalue weighted by atomic mass is 16.5. The topological polar surface area (TPSA) is 26.3 Å². The molecule has 0 aromatic carbocycles. The molecule has 0 amide bonds. The van der Waals surface area contributed by atoms with E-state index in [1.807, 2.05) is 37.3 Å². The predicted octanol–water partition coefficient (Wildman–Crippen LogP) is 1.85. The Balaban J connectivity index is 2.73. The van der Waals surface area contributed by atoms with E-state index in [4.69, 9.17) is 0 Å². The number of allylic oxidation sites excluding steroid dienone is 4. The Morgan fingerprint density at radius 1 is 1.50 bits per heavy atom. The van der Waals surface area contributed by atoms with Crippen molar-refractivity contribution in [3.63, 3.8) is 0 Å². The van der Waals surface area contributed by atoms with E-state index in [1.165, 1.54) is 7.11 Å². The van der Waals surface area contributed by atoms with Crippen LogP contribution in [-0.4, -0.2) is 13.1 Å². The van der Waals surface area contributed by atoms with Crippen molar-refractivity contribution in [3.05, 3.63) is 36.0 Å². The van der Waals surface area contributed by atoms with Gasteiger partial charge in [0, 0.05) is 0 Å². The van der Waals surface area contributed by atoms with Crippen molar-refractivity contribution in [2.45, 2.75) is 6.92 Å². The van der Waals surface area contributed by atoms with Gasteiger partial charge < -0.3 is 4.74 Å². The fraction of sp³-hybridized carbons (Fsp3) is 0.300. The van der Waals surface area contributed by atoms with Crippen LogP contribution in [-0.2, 0) is 9.53 Å². The maximum atomic E-state index is 11.1. The van der Waals surface area contributed by atoms with E-state index in [0.717, 1.165) is 5.57 Å². The molecule has 0 saturated heterocycles. The average molecular weight is 164 g/mol. The SMILES string of the molecule is COC(=O)C1C=CC=C(C)C=C1. The number of carbonyl (C=O) groups is 1. The smallest absolute Gasteiger partial charge is 0.316 e. The molecule has 1 aliphatic carbocycles. The molecule has 0 aromatic rings. The lowest BCUT2D eigenvalue weighted by Gasteiger charge is -2.02. The summed E-state index contributed by atoms with van der Waals surface area (Å²) in [6, 6.07) is 0. The van der Waals surface area contributed by atoms with Gasteiger partial charge in [-0.25, -0.2) is 0 Å². The Bertz CT molecular complexity index is 259. The summed E-state index contributed by atoms with van der Waals surface area (Å²) in [5.74, 6) is -0.450. The lowest BCUT2D eigenvalue weighted by atomic mass is 10.1. The highest BCUT2D eigenvalue weighted by Crippen LogP contribution is 2.10. The maximum Gasteiger partial charge on any atom is 0.316 e. The third-order valence-electron chi connectivity index (χ3n) is 1.72. The van der Waals surface area contributed by atoms with E-state index in [1.54, 1.807) is 0 Å². The van der Waals surface area contributed by atoms with Crippen LogP contribution in [0.25, 0.3) is 0 Å². The van der Waals surface area contributed by atoms with Gasteiger partial charge in [-0.1, -0.05) is 36.0 Å². The van der Waals surface area contributed by atoms with Gasteiger partial charge in [0.05, 0.1) is 13.0 Å². The minimum atomic E-state index is -0.233. The fourth-order valence-electron chi connectivity index (χ4n) is 0.995. The highest BCUT2D eigenvalue weighted by Gasteiger charge is 2.12. The first-order valence-electron chi connectivity index (χ1n) is 3.85. The molecule has 12 heavy (non-hydrogen) atoms. The molecule has 0 spiro atoms. The quantitative estimate of drug-likeness (QED) is 0.553. The van der Waals surface area contributed by atoms with Crippen molar-refractivity contribution < 1.29 is 9.53 Å². The summed E-state index contributed by atoms with van der Waals surface area (Å²) in [6.07, 6.45) is 9.40. The van der Waals surface area contributed by atoms with Gasteiger partial charge in [0.25, 0.3) is 0 Å². The van der Waals surface area contributed by atoms with Crippen molar-refractivity contribution in [1.29, 1.82) is 0 Å². The molecular weight excluding hydrogens is 152 g/mol. The van der Waals surface area contributed by atoms with Crippen LogP contribution in [0.4, 0.5) is 0 Å². The molecule has 0 fully saturated rings. The van der Waals surface area contributed by atoms with Gasteiger partial charge in [-0.2, -0.15) is 0 Å². The fourth-order valence-corrected chi connectivity index (χ4v) is 0.995. The lowest BCUT2D eigenvalue weighted by Crippen LogP contribution is -2.10. The van der Waals surface area contributed by atoms with E-state index in [0.29, 0.717) is 0 Å². The first-order chi connectivity index (χ1) is 5.74. The first kappa shape index (κ1) is 8.78. The van der Waals surface area contributed by atoms with Gasteiger partial charge in [0.2, 0.25) is 0 Å². The second-order valence-corrected chi connectivity index (χ2v) is 2.70. The second kappa shape index (κ2) is 3.90. The molecule has 0 bridgehead atoms. The van der Waals surface area contributed by atoms with Crippen molar-refractivity contribution in [2.24, 2.45) is 5.92 Å². The Morgan fingerprint density at radius 2 is 2.25 bits per heavy atom. The van der Waals surface area contributed by atoms with Gasteiger partial charge in [0.1, 0.15) is 0 Å². The van der Waals surface area contributed by atoms with Crippen LogP contribution in [0.2, 0.25) is 0 Å². The molecule has 0 heterocycles. The first-order valence-corrected chi connectivity index (χ1v) is 3.85. The number of hydrogen-bond donors (Lipinski definition) is 0. The second-order valence-electron chi connectivity index (χ2n) is 2.70. The molecule has 0 aromatic heterocycles. The maximum absolute atomic E-state index is 11.1. The van der Waals surface area contributed by atoms with Crippen LogP contribution in [0.15, 0.2) is 36.0 Å². The summed E-state index contributed by atoms with van der Waals surface area (Å²) < 4.78 is 4.62. The number of carbonyl (C=O) groups excluding carboxylic acids is 1. The third-order valence-corrected chi connectivity index (χ3v) is 1.72. The number of hydrogen-bond acceptors (Lipinski definition) is 2. The zero-order valence-electron chi connectivity index (χ0n) is 7.28. The van der Waals surface area contributed by atoms with Gasteiger partial charge in [-0.15, -0.1) is 0 Å². The van der Waals surface area contributed by atoms with Gasteiger partial charge in [-0.3, -0.25) is 4.79 Å². The zero-order valence-corrected chi connectivity index (χ0v) is 7.28. The largest absolute Gasteiger partial charge is 0.468 e. The molecule has 1 rings (SSSR count). The lowest BCUT2D eigenvalue weighted by molar-refractivity contribution is -0.142. The van der Waals surface area contributed by atoms with Crippen LogP contribution >= 0.6 is 0 Å². The summed E-state index contributed by atoms with van der Waals surface area (Å²) >= 11 is 0. The molecule has 1 atom stereocenters. The minimum absolute atomic E-state index is 0.217. The van der Waals surface area contributed by atoms with E-state index in [-0.39, 0.29) is 11.9 Å². The Labute approximate surface area is 72.2 Å². The van der Waals surface area contributed by atoms with E-state index in [9.17, 15) is 4.79 Å². The van der Waals surface area contributed by atoms with Crippen LogP contribution < -0.4 is 0 Å². The number of methoxy groups -OCH3 is 1. The summed E-state index contributed by atoms with van der Waals surface area (Å²) in [5.41, 5.74) is 1.14. The summed E-state index contributed by atoms with van der Waals surface area (Å²) in [5, 5.41) is 0. The predicted molar refractivity (Wildman–Crippen MR) is 47.5 cm³/mol. The average Bonchev–Trinajstić information content (AvgIpc) is 2.29. The Morgan fingerprint density at radius 3 is 2.92 bits per heavy atom. The molecule has 64 valence electrons. The molecule has 2 heteroatoms. The van der Waals surface area contributed by atoms with Crippen LogP contribution in [0.5, 0.6) is 0 Å². The van der Waals surface area contributed by atoms with Crippen molar-refractivity contribution in [3.8, 4) is 0 Å². The molecule has 0 radical (unpaired) electrons. The molecule has 2 nitrogen and oxygen atoms in total. The van der Waals surface area contributed by atoms with Crippen LogP contribution in [0.3, 0.4) is 0 Å². The molecule has 0 aliphatic heterocycles. The van der Waals surface area contributed by atoms with Crippen molar-refractivity contribution in [2.75, 3.05) is 7.11 Å². The van der Waals surface area contributed by atoms with Crippen molar-refractivity contribution >= 4 is 5.97 Å². The minimum Gasteiger partial charge on any atom is -0.468 e. The number of rotatable bonds is 1. The molecule has 0 N–H and O–H groups in total. The summed E-state index contributed by atoms with van der Waals surface area (Å²) in [4.78, 5) is 11.1. The normalized spacial score (nSPS) is 21.5. The summed E-state index contributed by atoms with van der Waals surface area (Å²) in [7, 11) is 1.40. The molecule has 1 aliphatic rings. The van der Waals surface area contributed by atoms with E-state index < -0.39 is 0 Å². The molecular formula is C10H12O2. The Hall–Kier alpha value is -1.31. The molecule has 0 saturated carbocycles. The van der Waals surface area contributed by atoms with E-state index in [2.05, 4.69) is 4.74 Å². The zero-order chi connectivity index (χ0) is 8.97. The number of ether oxygens (including phenoxy) is 1. The third kappa shape index (κ3) is 2.09. The van der Waals surface area contributed by atoms with E-state index >= 15 is 0 Å². The standard InChI is InChI=1S/C10H12O2/c1-8-4-3-5-9(7-6-8)10(11)12-2/h3-7,9H,1-2H3. The van der Waals surface area contributed by atoms with Crippen LogP contribution in [0.1, 0.15) is 6.92 Å². The highest BCUT2D eigenvalue weighted by molar-refractivity contribution is 5.76. The van der Waals surface area contributed by atoms with Crippen LogP contribution in [0, 0.1) is 5.92 Å². The van der Waals surface area contributed by atoms with Gasteiger partial charge >= 0.3 is 5.97 Å².